The average Bonchev–Trinajstić information content (AvgIpc) is 3.11. The molecule has 1 aliphatic heterocycles. The molecule has 172 valence electrons. The number of carbonyl (C=O) groups is 3. The van der Waals surface area contributed by atoms with Crippen molar-refractivity contribution in [2.45, 2.75) is 26.3 Å². The van der Waals surface area contributed by atoms with Gasteiger partial charge in [-0.2, -0.15) is 0 Å². The topological polar surface area (TPSA) is 96.8 Å². The number of hydrogen-bond acceptors (Lipinski definition) is 6. The zero-order valence-corrected chi connectivity index (χ0v) is 18.9. The Morgan fingerprint density at radius 1 is 1.00 bits per heavy atom. The normalized spacial score (nSPS) is 17.1. The number of rotatable bonds is 6. The fourth-order valence-corrected chi connectivity index (χ4v) is 3.98. The number of aromatic nitrogens is 1. The van der Waals surface area contributed by atoms with Crippen LogP contribution < -0.4 is 4.90 Å². The first kappa shape index (κ1) is 22.9. The van der Waals surface area contributed by atoms with Gasteiger partial charge in [0.1, 0.15) is 5.76 Å². The molecule has 1 aromatic heterocycles. The molecule has 2 heterocycles. The first-order valence-corrected chi connectivity index (χ1v) is 10.9. The summed E-state index contributed by atoms with van der Waals surface area (Å²) in [6, 6.07) is 16.5. The molecule has 1 fully saturated rings. The maximum Gasteiger partial charge on any atom is 0.310 e. The number of hydrogen-bond donors (Lipinski definition) is 1. The number of ketones is 1. The van der Waals surface area contributed by atoms with Gasteiger partial charge >= 0.3 is 5.97 Å². The van der Waals surface area contributed by atoms with Crippen molar-refractivity contribution in [1.29, 1.82) is 0 Å². The summed E-state index contributed by atoms with van der Waals surface area (Å²) in [7, 11) is 0. The van der Waals surface area contributed by atoms with Gasteiger partial charge in [-0.05, 0) is 49.2 Å². The summed E-state index contributed by atoms with van der Waals surface area (Å²) in [5.41, 5.74) is 3.30. The van der Waals surface area contributed by atoms with Crippen molar-refractivity contribution in [3.05, 3.63) is 101 Å². The van der Waals surface area contributed by atoms with Crippen molar-refractivity contribution in [3.8, 4) is 0 Å². The van der Waals surface area contributed by atoms with Gasteiger partial charge in [0.2, 0.25) is 0 Å². The third-order valence-electron chi connectivity index (χ3n) is 5.66. The van der Waals surface area contributed by atoms with Crippen molar-refractivity contribution < 1.29 is 24.2 Å². The number of benzene rings is 2. The van der Waals surface area contributed by atoms with E-state index in [9.17, 15) is 19.5 Å². The number of aliphatic hydroxyl groups excluding tert-OH is 1. The quantitative estimate of drug-likeness (QED) is 0.259. The Bertz CT molecular complexity index is 1250. The van der Waals surface area contributed by atoms with Crippen LogP contribution in [0, 0.1) is 6.92 Å². The minimum atomic E-state index is -0.833. The number of ether oxygens (including phenoxy) is 1. The molecule has 0 spiro atoms. The Morgan fingerprint density at radius 2 is 1.65 bits per heavy atom. The number of nitrogens with zero attached hydrogens (tertiary/aromatic N) is 2. The number of amides is 1. The molecule has 7 nitrogen and oxygen atoms in total. The largest absolute Gasteiger partial charge is 0.507 e. The monoisotopic (exact) mass is 456 g/mol. The maximum atomic E-state index is 13.2. The van der Waals surface area contributed by atoms with E-state index in [1.54, 1.807) is 67.8 Å². The smallest absolute Gasteiger partial charge is 0.310 e. The van der Waals surface area contributed by atoms with Gasteiger partial charge in [-0.25, -0.2) is 0 Å². The fraction of sp³-hybridized carbons (Fsp3) is 0.185. The van der Waals surface area contributed by atoms with Crippen LogP contribution in [0.5, 0.6) is 0 Å². The van der Waals surface area contributed by atoms with Crippen molar-refractivity contribution in [2.75, 3.05) is 11.5 Å². The number of Topliss-reactive ketones (excluding diaryl/α,β-unsaturated/α-hetero) is 1. The highest BCUT2D eigenvalue weighted by Crippen LogP contribution is 2.42. The fourth-order valence-electron chi connectivity index (χ4n) is 3.98. The van der Waals surface area contributed by atoms with Crippen LogP contribution in [-0.4, -0.2) is 34.4 Å². The highest BCUT2D eigenvalue weighted by Gasteiger charge is 2.46. The molecule has 1 saturated heterocycles. The lowest BCUT2D eigenvalue weighted by atomic mass is 9.95. The summed E-state index contributed by atoms with van der Waals surface area (Å²) in [4.78, 5) is 43.5. The van der Waals surface area contributed by atoms with Gasteiger partial charge in [0.15, 0.2) is 0 Å². The van der Waals surface area contributed by atoms with E-state index in [-0.39, 0.29) is 23.7 Å². The van der Waals surface area contributed by atoms with E-state index in [1.807, 2.05) is 19.1 Å². The molecule has 0 radical (unpaired) electrons. The predicted molar refractivity (Wildman–Crippen MR) is 127 cm³/mol. The van der Waals surface area contributed by atoms with Crippen LogP contribution in [-0.2, 0) is 25.5 Å². The summed E-state index contributed by atoms with van der Waals surface area (Å²) < 4.78 is 4.98. The molecular formula is C27H24N2O5. The number of anilines is 1. The van der Waals surface area contributed by atoms with Gasteiger partial charge in [-0.1, -0.05) is 42.0 Å². The maximum absolute atomic E-state index is 13.2. The molecule has 3 aromatic rings. The number of aliphatic hydroxyl groups is 1. The average molecular weight is 456 g/mol. The zero-order chi connectivity index (χ0) is 24.2. The molecule has 4 rings (SSSR count). The van der Waals surface area contributed by atoms with E-state index in [2.05, 4.69) is 4.98 Å². The Labute approximate surface area is 197 Å². The molecule has 1 amide bonds. The van der Waals surface area contributed by atoms with Gasteiger partial charge in [-0.3, -0.25) is 24.3 Å². The summed E-state index contributed by atoms with van der Waals surface area (Å²) in [5.74, 6) is -2.09. The van der Waals surface area contributed by atoms with E-state index in [4.69, 9.17) is 4.74 Å². The van der Waals surface area contributed by atoms with Crippen LogP contribution in [0.4, 0.5) is 5.69 Å². The van der Waals surface area contributed by atoms with E-state index in [0.717, 1.165) is 11.1 Å². The van der Waals surface area contributed by atoms with Crippen LogP contribution in [0.3, 0.4) is 0 Å². The number of pyridine rings is 1. The number of esters is 1. The first-order valence-electron chi connectivity index (χ1n) is 10.9. The second kappa shape index (κ2) is 9.70. The van der Waals surface area contributed by atoms with Crippen LogP contribution in [0.25, 0.3) is 5.76 Å². The van der Waals surface area contributed by atoms with Crippen LogP contribution in [0.1, 0.15) is 35.2 Å². The molecule has 1 aliphatic rings. The lowest BCUT2D eigenvalue weighted by molar-refractivity contribution is -0.142. The van der Waals surface area contributed by atoms with E-state index in [1.165, 1.54) is 4.90 Å². The van der Waals surface area contributed by atoms with Gasteiger partial charge < -0.3 is 9.84 Å². The lowest BCUT2D eigenvalue weighted by Crippen LogP contribution is -2.29. The summed E-state index contributed by atoms with van der Waals surface area (Å²) in [5, 5.41) is 11.1. The van der Waals surface area contributed by atoms with Gasteiger partial charge in [0.25, 0.3) is 11.7 Å². The van der Waals surface area contributed by atoms with Crippen LogP contribution >= 0.6 is 0 Å². The van der Waals surface area contributed by atoms with Gasteiger partial charge in [-0.15, -0.1) is 0 Å². The lowest BCUT2D eigenvalue weighted by Gasteiger charge is -2.25. The summed E-state index contributed by atoms with van der Waals surface area (Å²) in [6.45, 7) is 3.97. The third-order valence-corrected chi connectivity index (χ3v) is 5.66. The van der Waals surface area contributed by atoms with Gasteiger partial charge in [0.05, 0.1) is 24.6 Å². The second-order valence-electron chi connectivity index (χ2n) is 7.96. The minimum absolute atomic E-state index is 0.00986. The summed E-state index contributed by atoms with van der Waals surface area (Å²) in [6.07, 6.45) is 3.25. The molecular weight excluding hydrogens is 432 g/mol. The molecule has 34 heavy (non-hydrogen) atoms. The Kier molecular flexibility index (Phi) is 6.54. The molecule has 7 heteroatoms. The summed E-state index contributed by atoms with van der Waals surface area (Å²) >= 11 is 0. The Hall–Kier alpha value is -4.26. The highest BCUT2D eigenvalue weighted by atomic mass is 16.5. The second-order valence-corrected chi connectivity index (χ2v) is 7.96. The van der Waals surface area contributed by atoms with Crippen molar-refractivity contribution in [2.24, 2.45) is 0 Å². The number of aryl methyl sites for hydroxylation is 1. The molecule has 1 atom stereocenters. The van der Waals surface area contributed by atoms with E-state index < -0.39 is 17.7 Å². The molecule has 1 unspecified atom stereocenters. The zero-order valence-electron chi connectivity index (χ0n) is 18.9. The standard InChI is InChI=1S/C27H24N2O5/c1-3-34-22(30)16-18-6-10-21(11-7-18)29-24(19-12-14-28-15-13-19)23(26(32)27(29)33)25(31)20-8-4-17(2)5-9-20/h4-15,24,31H,3,16H2,1-2H3/b25-23-. The van der Waals surface area contributed by atoms with E-state index in [0.29, 0.717) is 23.4 Å². The third kappa shape index (κ3) is 4.45. The Morgan fingerprint density at radius 3 is 2.26 bits per heavy atom. The highest BCUT2D eigenvalue weighted by molar-refractivity contribution is 6.51. The molecule has 0 bridgehead atoms. The molecule has 0 aliphatic carbocycles. The van der Waals surface area contributed by atoms with Crippen molar-refractivity contribution >= 4 is 29.1 Å². The predicted octanol–water partition coefficient (Wildman–Crippen LogP) is 4.12. The number of carbonyl (C=O) groups excluding carboxylic acids is 3. The molecule has 1 N–H and O–H groups in total. The first-order chi connectivity index (χ1) is 16.4. The van der Waals surface area contributed by atoms with Crippen LogP contribution in [0.2, 0.25) is 0 Å². The SMILES string of the molecule is CCOC(=O)Cc1ccc(N2C(=O)C(=O)/C(=C(\O)c3ccc(C)cc3)C2c2ccncc2)cc1. The van der Waals surface area contributed by atoms with Gasteiger partial charge in [0, 0.05) is 23.6 Å². The Balaban J connectivity index is 1.78. The van der Waals surface area contributed by atoms with Crippen molar-refractivity contribution in [3.63, 3.8) is 0 Å². The minimum Gasteiger partial charge on any atom is -0.507 e. The van der Waals surface area contributed by atoms with Crippen molar-refractivity contribution in [1.82, 2.24) is 4.98 Å². The van der Waals surface area contributed by atoms with E-state index >= 15 is 0 Å². The molecule has 2 aromatic carbocycles. The van der Waals surface area contributed by atoms with Crippen LogP contribution in [0.15, 0.2) is 78.6 Å². The molecule has 0 saturated carbocycles.